The van der Waals surface area contributed by atoms with Crippen molar-refractivity contribution in [3.8, 4) is 17.1 Å². The van der Waals surface area contributed by atoms with E-state index >= 15 is 4.39 Å². The van der Waals surface area contributed by atoms with Gasteiger partial charge >= 0.3 is 0 Å². The number of aryl methyl sites for hydroxylation is 6. The SMILES string of the molecule is CCCCCCNc1ccc(-n2c(C)nc(C)cc2=O)cc1F.CCCOCCN(CCOCCC)c1ccc(-n2c(C)nc(C)cc2=O)cc1F.CCOCCCNc1ccc(-n2c(C)nc(C)cc2=O)cc1F. The van der Waals surface area contributed by atoms with Gasteiger partial charge in [-0.05, 0) is 111 Å². The average Bonchev–Trinajstić information content (AvgIpc) is 3.34. The van der Waals surface area contributed by atoms with Crippen molar-refractivity contribution >= 4 is 17.1 Å². The van der Waals surface area contributed by atoms with Crippen LogP contribution in [-0.2, 0) is 14.2 Å². The summed E-state index contributed by atoms with van der Waals surface area (Å²) in [6.45, 7) is 25.0. The third kappa shape index (κ3) is 19.2. The van der Waals surface area contributed by atoms with Gasteiger partial charge < -0.3 is 29.7 Å². The van der Waals surface area contributed by atoms with Crippen molar-refractivity contribution in [3.05, 3.63) is 156 Å². The van der Waals surface area contributed by atoms with E-state index in [1.54, 1.807) is 77.9 Å². The van der Waals surface area contributed by atoms with E-state index in [0.717, 1.165) is 38.6 Å². The van der Waals surface area contributed by atoms with Crippen LogP contribution in [0.3, 0.4) is 0 Å². The lowest BCUT2D eigenvalue weighted by Gasteiger charge is -2.25. The molecule has 0 aliphatic rings. The van der Waals surface area contributed by atoms with Crippen LogP contribution in [0.4, 0.5) is 30.2 Å². The van der Waals surface area contributed by atoms with Crippen LogP contribution in [0.2, 0.25) is 0 Å². The molecule has 0 saturated heterocycles. The van der Waals surface area contributed by atoms with Gasteiger partial charge in [-0.15, -0.1) is 0 Å². The van der Waals surface area contributed by atoms with Crippen LogP contribution in [0.25, 0.3) is 17.1 Å². The molecule has 18 heteroatoms. The molecule has 3 aromatic heterocycles. The maximum Gasteiger partial charge on any atom is 0.258 e. The number of nitrogens with zero attached hydrogens (tertiary/aromatic N) is 7. The number of benzene rings is 3. The predicted octanol–water partition coefficient (Wildman–Crippen LogP) is 10.5. The second kappa shape index (κ2) is 32.0. The Bertz CT molecular complexity index is 2770. The second-order valence-electron chi connectivity index (χ2n) is 18.0. The number of hydrogen-bond acceptors (Lipinski definition) is 12. The minimum Gasteiger partial charge on any atom is -0.383 e. The van der Waals surface area contributed by atoms with Gasteiger partial charge in [0.1, 0.15) is 34.9 Å². The number of anilines is 3. The van der Waals surface area contributed by atoms with Crippen LogP contribution in [-0.4, -0.2) is 94.5 Å². The van der Waals surface area contributed by atoms with Crippen molar-refractivity contribution < 1.29 is 27.4 Å². The summed E-state index contributed by atoms with van der Waals surface area (Å²) in [6, 6.07) is 18.6. The van der Waals surface area contributed by atoms with Crippen LogP contribution < -0.4 is 32.2 Å². The molecule has 408 valence electrons. The molecule has 0 saturated carbocycles. The van der Waals surface area contributed by atoms with Crippen LogP contribution in [0, 0.1) is 59.0 Å². The van der Waals surface area contributed by atoms with Crippen LogP contribution >= 0.6 is 0 Å². The van der Waals surface area contributed by atoms with Crippen molar-refractivity contribution in [1.29, 1.82) is 0 Å². The molecule has 75 heavy (non-hydrogen) atoms. The summed E-state index contributed by atoms with van der Waals surface area (Å²) in [5.74, 6) is 0.470. The molecule has 6 aromatic rings. The fourth-order valence-corrected chi connectivity index (χ4v) is 8.14. The first-order chi connectivity index (χ1) is 36.0. The molecule has 2 N–H and O–H groups in total. The molecule has 0 unspecified atom stereocenters. The zero-order chi connectivity index (χ0) is 54.9. The Morgan fingerprint density at radius 3 is 1.25 bits per heavy atom. The van der Waals surface area contributed by atoms with Gasteiger partial charge in [-0.3, -0.25) is 28.1 Å². The van der Waals surface area contributed by atoms with Gasteiger partial charge in [0.05, 0.1) is 47.3 Å². The average molecular weight is 1040 g/mol. The number of rotatable bonds is 26. The molecule has 0 bridgehead atoms. The molecule has 0 aliphatic carbocycles. The summed E-state index contributed by atoms with van der Waals surface area (Å²) >= 11 is 0. The largest absolute Gasteiger partial charge is 0.383 e. The Kier molecular flexibility index (Phi) is 26.0. The predicted molar refractivity (Wildman–Crippen MR) is 294 cm³/mol. The molecule has 0 atom stereocenters. The van der Waals surface area contributed by atoms with Gasteiger partial charge in [0.2, 0.25) is 0 Å². The summed E-state index contributed by atoms with van der Waals surface area (Å²) in [7, 11) is 0. The van der Waals surface area contributed by atoms with E-state index in [4.69, 9.17) is 14.2 Å². The van der Waals surface area contributed by atoms with Gasteiger partial charge in [0, 0.05) is 106 Å². The van der Waals surface area contributed by atoms with Gasteiger partial charge in [-0.1, -0.05) is 40.0 Å². The van der Waals surface area contributed by atoms with Crippen LogP contribution in [0.1, 0.15) is 107 Å². The smallest absolute Gasteiger partial charge is 0.258 e. The molecule has 0 radical (unpaired) electrons. The number of hydrogen-bond donors (Lipinski definition) is 2. The molecule has 0 amide bonds. The molecular weight excluding hydrogens is 964 g/mol. The van der Waals surface area contributed by atoms with Crippen molar-refractivity contribution in [2.45, 2.75) is 114 Å². The molecule has 6 rings (SSSR count). The Morgan fingerprint density at radius 2 is 0.880 bits per heavy atom. The first-order valence-corrected chi connectivity index (χ1v) is 26.1. The van der Waals surface area contributed by atoms with Crippen molar-refractivity contribution in [2.24, 2.45) is 0 Å². The van der Waals surface area contributed by atoms with Crippen molar-refractivity contribution in [3.63, 3.8) is 0 Å². The van der Waals surface area contributed by atoms with Gasteiger partial charge in [0.25, 0.3) is 16.7 Å². The van der Waals surface area contributed by atoms with Gasteiger partial charge in [-0.25, -0.2) is 28.1 Å². The highest BCUT2D eigenvalue weighted by molar-refractivity contribution is 5.54. The molecule has 15 nitrogen and oxygen atoms in total. The zero-order valence-electron chi connectivity index (χ0n) is 45.7. The molecule has 0 fully saturated rings. The van der Waals surface area contributed by atoms with E-state index in [9.17, 15) is 23.2 Å². The minimum atomic E-state index is -0.397. The molecule has 3 aromatic carbocycles. The summed E-state index contributed by atoms with van der Waals surface area (Å²) in [5, 5.41) is 6.14. The third-order valence-corrected chi connectivity index (χ3v) is 11.6. The van der Waals surface area contributed by atoms with E-state index in [1.165, 1.54) is 62.9 Å². The molecule has 0 spiro atoms. The maximum atomic E-state index is 15.0. The van der Waals surface area contributed by atoms with Crippen molar-refractivity contribution in [2.75, 3.05) is 81.4 Å². The van der Waals surface area contributed by atoms with Crippen molar-refractivity contribution in [1.82, 2.24) is 28.7 Å². The topological polar surface area (TPSA) is 160 Å². The fraction of sp³-hybridized carbons (Fsp3) is 0.474. The lowest BCUT2D eigenvalue weighted by atomic mass is 10.2. The van der Waals surface area contributed by atoms with E-state index in [1.807, 2.05) is 11.8 Å². The lowest BCUT2D eigenvalue weighted by Crippen LogP contribution is -2.32. The normalized spacial score (nSPS) is 10.9. The highest BCUT2D eigenvalue weighted by atomic mass is 19.1. The van der Waals surface area contributed by atoms with E-state index in [0.29, 0.717) is 128 Å². The zero-order valence-corrected chi connectivity index (χ0v) is 45.7. The first-order valence-electron chi connectivity index (χ1n) is 26.1. The number of nitrogens with one attached hydrogen (secondary N) is 2. The molecule has 3 heterocycles. The Balaban J connectivity index is 0.000000246. The van der Waals surface area contributed by atoms with E-state index in [2.05, 4.69) is 46.4 Å². The fourth-order valence-electron chi connectivity index (χ4n) is 8.14. The molecular formula is C57H78F3N9O6. The Hall–Kier alpha value is -6.63. The van der Waals surface area contributed by atoms with Crippen LogP contribution in [0.15, 0.2) is 87.2 Å². The van der Waals surface area contributed by atoms with Gasteiger partial charge in [-0.2, -0.15) is 0 Å². The first kappa shape index (κ1) is 60.9. The highest BCUT2D eigenvalue weighted by Crippen LogP contribution is 2.24. The quantitative estimate of drug-likeness (QED) is 0.0496. The Labute approximate surface area is 440 Å². The number of aromatic nitrogens is 6. The van der Waals surface area contributed by atoms with E-state index < -0.39 is 5.82 Å². The number of halogens is 3. The highest BCUT2D eigenvalue weighted by Gasteiger charge is 2.16. The molecule has 0 aliphatic heterocycles. The van der Waals surface area contributed by atoms with Crippen LogP contribution in [0.5, 0.6) is 0 Å². The number of unbranched alkanes of at least 4 members (excludes halogenated alkanes) is 3. The van der Waals surface area contributed by atoms with Gasteiger partial charge in [0.15, 0.2) is 0 Å². The summed E-state index contributed by atoms with van der Waals surface area (Å²) in [5.41, 5.74) is 4.10. The maximum absolute atomic E-state index is 15.0. The minimum absolute atomic E-state index is 0.199. The third-order valence-electron chi connectivity index (χ3n) is 11.6. The summed E-state index contributed by atoms with van der Waals surface area (Å²) in [4.78, 5) is 51.3. The number of ether oxygens (including phenoxy) is 3. The van der Waals surface area contributed by atoms with E-state index in [-0.39, 0.29) is 28.3 Å². The summed E-state index contributed by atoms with van der Waals surface area (Å²) < 4.78 is 64.1. The lowest BCUT2D eigenvalue weighted by molar-refractivity contribution is 0.129. The summed E-state index contributed by atoms with van der Waals surface area (Å²) in [6.07, 6.45) is 7.24. The second-order valence-corrected chi connectivity index (χ2v) is 18.0. The standard InChI is InChI=1S/C22H32FN3O3.C18H24FN3O.C17H22FN3O2/c1-5-11-28-13-9-25(10-14-29-12-6-2)21-8-7-19(16-20(21)23)26-18(4)24-17(3)15-22(26)27;1-4-5-6-7-10-20-17-9-8-15(12-16(17)19)22-14(3)21-13(2)11-18(22)23;1-4-23-9-5-8-19-16-7-6-14(11-15(16)18)21-13(3)20-12(2)10-17(21)22/h7-8,15-16H,5-6,9-14H2,1-4H3;8-9,11-12,20H,4-7,10H2,1-3H3;6-7,10-11,19H,4-5,8-9H2,1-3H3. The monoisotopic (exact) mass is 1040 g/mol. The Morgan fingerprint density at radius 1 is 0.467 bits per heavy atom.